The van der Waals surface area contributed by atoms with Crippen LogP contribution in [0.25, 0.3) is 0 Å². The summed E-state index contributed by atoms with van der Waals surface area (Å²) in [5.41, 5.74) is 8.22. The molecular formula is C14H17N3. The van der Waals surface area contributed by atoms with Crippen LogP contribution in [0.3, 0.4) is 0 Å². The Kier molecular flexibility index (Phi) is 3.00. The molecule has 0 radical (unpaired) electrons. The van der Waals surface area contributed by atoms with Crippen LogP contribution in [0, 0.1) is 6.92 Å². The summed E-state index contributed by atoms with van der Waals surface area (Å²) in [7, 11) is 4.09. The predicted octanol–water partition coefficient (Wildman–Crippen LogP) is 2.44. The van der Waals surface area contributed by atoms with Crippen LogP contribution in [-0.2, 0) is 0 Å². The first-order valence-corrected chi connectivity index (χ1v) is 5.57. The SMILES string of the molecule is C=C1C=CC(c2ccc(N(C)C)c(C)c2)=NN1. The number of hydrogen-bond acceptors (Lipinski definition) is 3. The Morgan fingerprint density at radius 2 is 2.00 bits per heavy atom. The summed E-state index contributed by atoms with van der Waals surface area (Å²) in [5, 5.41) is 4.26. The van der Waals surface area contributed by atoms with Crippen molar-refractivity contribution >= 4 is 11.4 Å². The molecule has 0 bridgehead atoms. The minimum atomic E-state index is 0.815. The largest absolute Gasteiger partial charge is 0.377 e. The third kappa shape index (κ3) is 2.38. The van der Waals surface area contributed by atoms with E-state index < -0.39 is 0 Å². The smallest absolute Gasteiger partial charge is 0.0906 e. The van der Waals surface area contributed by atoms with Gasteiger partial charge in [-0.3, -0.25) is 5.43 Å². The quantitative estimate of drug-likeness (QED) is 0.840. The number of aryl methyl sites for hydroxylation is 1. The lowest BCUT2D eigenvalue weighted by molar-refractivity contribution is 0.914. The summed E-state index contributed by atoms with van der Waals surface area (Å²) in [5.74, 6) is 0. The summed E-state index contributed by atoms with van der Waals surface area (Å²) in [6, 6.07) is 6.35. The second kappa shape index (κ2) is 4.45. The molecule has 0 aliphatic carbocycles. The molecule has 88 valence electrons. The van der Waals surface area contributed by atoms with Gasteiger partial charge in [0.25, 0.3) is 0 Å². The van der Waals surface area contributed by atoms with Gasteiger partial charge in [0.05, 0.1) is 5.71 Å². The third-order valence-corrected chi connectivity index (χ3v) is 2.74. The van der Waals surface area contributed by atoms with Gasteiger partial charge >= 0.3 is 0 Å². The van der Waals surface area contributed by atoms with Crippen molar-refractivity contribution in [2.75, 3.05) is 19.0 Å². The molecule has 1 heterocycles. The van der Waals surface area contributed by atoms with Gasteiger partial charge in [-0.25, -0.2) is 0 Å². The number of hydrazone groups is 1. The first kappa shape index (κ1) is 11.5. The summed E-state index contributed by atoms with van der Waals surface area (Å²) in [4.78, 5) is 2.11. The van der Waals surface area contributed by atoms with E-state index in [1.54, 1.807) is 0 Å². The van der Waals surface area contributed by atoms with E-state index >= 15 is 0 Å². The standard InChI is InChI=1S/C14H17N3/c1-10-9-12(6-8-14(10)17(3)4)13-7-5-11(2)15-16-13/h5-9,15H,2H2,1,3-4H3. The number of benzene rings is 1. The van der Waals surface area contributed by atoms with Crippen LogP contribution in [0.15, 0.2) is 47.7 Å². The Labute approximate surface area is 102 Å². The Hall–Kier alpha value is -2.03. The molecule has 0 spiro atoms. The molecule has 1 aliphatic heterocycles. The Balaban J connectivity index is 2.33. The van der Waals surface area contributed by atoms with Crippen molar-refractivity contribution < 1.29 is 0 Å². The van der Waals surface area contributed by atoms with Gasteiger partial charge in [0.1, 0.15) is 0 Å². The molecule has 3 heteroatoms. The maximum Gasteiger partial charge on any atom is 0.0906 e. The highest BCUT2D eigenvalue weighted by atomic mass is 15.3. The minimum Gasteiger partial charge on any atom is -0.377 e. The van der Waals surface area contributed by atoms with Gasteiger partial charge in [-0.1, -0.05) is 12.6 Å². The van der Waals surface area contributed by atoms with E-state index in [2.05, 4.69) is 47.1 Å². The zero-order valence-electron chi connectivity index (χ0n) is 10.5. The Morgan fingerprint density at radius 1 is 1.24 bits per heavy atom. The van der Waals surface area contributed by atoms with Crippen LogP contribution >= 0.6 is 0 Å². The molecule has 0 amide bonds. The third-order valence-electron chi connectivity index (χ3n) is 2.74. The van der Waals surface area contributed by atoms with Crippen molar-refractivity contribution in [2.45, 2.75) is 6.92 Å². The lowest BCUT2D eigenvalue weighted by atomic mass is 10.0. The number of nitrogens with one attached hydrogen (secondary N) is 1. The topological polar surface area (TPSA) is 27.6 Å². The lowest BCUT2D eigenvalue weighted by Gasteiger charge is -2.17. The average Bonchev–Trinajstić information content (AvgIpc) is 2.29. The molecule has 0 saturated carbocycles. The second-order valence-corrected chi connectivity index (χ2v) is 4.36. The zero-order valence-corrected chi connectivity index (χ0v) is 10.5. The van der Waals surface area contributed by atoms with Gasteiger partial charge in [-0.2, -0.15) is 5.10 Å². The van der Waals surface area contributed by atoms with Crippen LogP contribution in [0.2, 0.25) is 0 Å². The van der Waals surface area contributed by atoms with Gasteiger partial charge in [0.15, 0.2) is 0 Å². The fourth-order valence-corrected chi connectivity index (χ4v) is 1.86. The first-order valence-electron chi connectivity index (χ1n) is 5.57. The van der Waals surface area contributed by atoms with Gasteiger partial charge < -0.3 is 4.90 Å². The molecular weight excluding hydrogens is 210 g/mol. The van der Waals surface area contributed by atoms with Crippen molar-refractivity contribution in [2.24, 2.45) is 5.10 Å². The van der Waals surface area contributed by atoms with Crippen molar-refractivity contribution in [3.8, 4) is 0 Å². The maximum atomic E-state index is 4.26. The van der Waals surface area contributed by atoms with Crippen LogP contribution in [0.4, 0.5) is 5.69 Å². The van der Waals surface area contributed by atoms with Crippen LogP contribution < -0.4 is 10.3 Å². The summed E-state index contributed by atoms with van der Waals surface area (Å²) in [6.45, 7) is 5.89. The van der Waals surface area contributed by atoms with Crippen molar-refractivity contribution in [3.05, 3.63) is 53.8 Å². The first-order chi connectivity index (χ1) is 8.08. The highest BCUT2D eigenvalue weighted by molar-refractivity contribution is 6.09. The van der Waals surface area contributed by atoms with E-state index in [9.17, 15) is 0 Å². The summed E-state index contributed by atoms with van der Waals surface area (Å²) < 4.78 is 0. The van der Waals surface area contributed by atoms with Crippen molar-refractivity contribution in [1.82, 2.24) is 5.43 Å². The van der Waals surface area contributed by atoms with Crippen molar-refractivity contribution in [3.63, 3.8) is 0 Å². The molecule has 1 aliphatic rings. The summed E-state index contributed by atoms with van der Waals surface area (Å²) in [6.07, 6.45) is 3.90. The molecule has 1 aromatic rings. The van der Waals surface area contributed by atoms with Gasteiger partial charge in [0.2, 0.25) is 0 Å². The normalized spacial score (nSPS) is 14.3. The molecule has 17 heavy (non-hydrogen) atoms. The average molecular weight is 227 g/mol. The van der Waals surface area contributed by atoms with E-state index in [-0.39, 0.29) is 0 Å². The number of nitrogens with zero attached hydrogens (tertiary/aromatic N) is 2. The van der Waals surface area contributed by atoms with Crippen LogP contribution in [-0.4, -0.2) is 19.8 Å². The van der Waals surface area contributed by atoms with E-state index in [1.165, 1.54) is 11.3 Å². The maximum absolute atomic E-state index is 4.26. The molecule has 0 saturated heterocycles. The van der Waals surface area contributed by atoms with E-state index in [4.69, 9.17) is 0 Å². The summed E-state index contributed by atoms with van der Waals surface area (Å²) >= 11 is 0. The van der Waals surface area contributed by atoms with Crippen LogP contribution in [0.1, 0.15) is 11.1 Å². The molecule has 1 aromatic carbocycles. The van der Waals surface area contributed by atoms with Gasteiger partial charge in [0, 0.05) is 31.0 Å². The predicted molar refractivity (Wildman–Crippen MR) is 73.5 cm³/mol. The monoisotopic (exact) mass is 227 g/mol. The molecule has 0 fully saturated rings. The molecule has 3 nitrogen and oxygen atoms in total. The van der Waals surface area contributed by atoms with E-state index in [0.717, 1.165) is 17.0 Å². The molecule has 0 aromatic heterocycles. The van der Waals surface area contributed by atoms with E-state index in [1.807, 2.05) is 26.2 Å². The van der Waals surface area contributed by atoms with Crippen molar-refractivity contribution in [1.29, 1.82) is 0 Å². The lowest BCUT2D eigenvalue weighted by Crippen LogP contribution is -2.14. The zero-order chi connectivity index (χ0) is 12.4. The molecule has 2 rings (SSSR count). The van der Waals surface area contributed by atoms with Gasteiger partial charge in [-0.15, -0.1) is 0 Å². The minimum absolute atomic E-state index is 0.815. The molecule has 1 N–H and O–H groups in total. The highest BCUT2D eigenvalue weighted by Gasteiger charge is 2.07. The Bertz CT molecular complexity index is 510. The second-order valence-electron chi connectivity index (χ2n) is 4.36. The highest BCUT2D eigenvalue weighted by Crippen LogP contribution is 2.20. The molecule has 0 atom stereocenters. The van der Waals surface area contributed by atoms with Gasteiger partial charge in [-0.05, 0) is 36.8 Å². The number of hydrogen-bond donors (Lipinski definition) is 1. The molecule has 0 unspecified atom stereocenters. The number of allylic oxidation sites excluding steroid dienone is 2. The fraction of sp³-hybridized carbons (Fsp3) is 0.214. The number of anilines is 1. The van der Waals surface area contributed by atoms with Crippen LogP contribution in [0.5, 0.6) is 0 Å². The fourth-order valence-electron chi connectivity index (χ4n) is 1.86. The van der Waals surface area contributed by atoms with E-state index in [0.29, 0.717) is 0 Å². The Morgan fingerprint density at radius 3 is 2.53 bits per heavy atom. The number of rotatable bonds is 2.